The van der Waals surface area contributed by atoms with Gasteiger partial charge in [-0.05, 0) is 19.3 Å². The van der Waals surface area contributed by atoms with Gasteiger partial charge in [-0.1, -0.05) is 20.8 Å². The lowest BCUT2D eigenvalue weighted by molar-refractivity contribution is -0.493. The quantitative estimate of drug-likeness (QED) is 0.560. The molecule has 0 N–H and O–H groups in total. The zero-order valence-electron chi connectivity index (χ0n) is 10.8. The molecule has 1 rings (SSSR count). The van der Waals surface area contributed by atoms with Crippen LogP contribution in [0.15, 0.2) is 0 Å². The topological polar surface area (TPSA) is 69.4 Å². The second-order valence-electron chi connectivity index (χ2n) is 5.70. The van der Waals surface area contributed by atoms with Crippen molar-refractivity contribution in [2.24, 2.45) is 5.41 Å². The van der Waals surface area contributed by atoms with Gasteiger partial charge in [0.25, 0.3) is 0 Å². The molecule has 2 atom stereocenters. The van der Waals surface area contributed by atoms with E-state index in [9.17, 15) is 14.9 Å². The van der Waals surface area contributed by atoms with Crippen LogP contribution in [0.5, 0.6) is 0 Å². The van der Waals surface area contributed by atoms with Gasteiger partial charge in [-0.2, -0.15) is 0 Å². The summed E-state index contributed by atoms with van der Waals surface area (Å²) < 4.78 is 5.60. The summed E-state index contributed by atoms with van der Waals surface area (Å²) in [6.45, 7) is 5.49. The first-order valence-corrected chi connectivity index (χ1v) is 6.09. The fraction of sp³-hybridized carbons (Fsp3) is 0.917. The molecule has 1 saturated heterocycles. The van der Waals surface area contributed by atoms with Crippen molar-refractivity contribution in [2.45, 2.75) is 58.7 Å². The maximum Gasteiger partial charge on any atom is 0.229 e. The maximum absolute atomic E-state index is 11.8. The molecule has 1 fully saturated rings. The first kappa shape index (κ1) is 14.1. The third kappa shape index (κ3) is 4.81. The highest BCUT2D eigenvalue weighted by Gasteiger charge is 2.30. The highest BCUT2D eigenvalue weighted by atomic mass is 16.6. The number of nitro groups is 1. The molecule has 0 unspecified atom stereocenters. The Morgan fingerprint density at radius 2 is 1.94 bits per heavy atom. The molecule has 0 aliphatic carbocycles. The van der Waals surface area contributed by atoms with Crippen LogP contribution in [0.1, 0.15) is 46.5 Å². The van der Waals surface area contributed by atoms with Crippen LogP contribution in [0, 0.1) is 15.5 Å². The lowest BCUT2D eigenvalue weighted by Crippen LogP contribution is -2.35. The van der Waals surface area contributed by atoms with Crippen molar-refractivity contribution in [3.8, 4) is 0 Å². The average molecular weight is 243 g/mol. The summed E-state index contributed by atoms with van der Waals surface area (Å²) in [5.41, 5.74) is -0.362. The maximum atomic E-state index is 11.8. The van der Waals surface area contributed by atoms with Crippen molar-refractivity contribution in [1.82, 2.24) is 0 Å². The summed E-state index contributed by atoms with van der Waals surface area (Å²) in [4.78, 5) is 21.9. The number of ether oxygens (including phenoxy) is 1. The number of hydrogen-bond donors (Lipinski definition) is 0. The molecule has 0 amide bonds. The summed E-state index contributed by atoms with van der Waals surface area (Å²) in [6.07, 6.45) is 2.37. The van der Waals surface area contributed by atoms with Crippen LogP contribution in [0.3, 0.4) is 0 Å². The summed E-state index contributed by atoms with van der Waals surface area (Å²) in [7, 11) is 0. The van der Waals surface area contributed by atoms with Crippen LogP contribution in [0.25, 0.3) is 0 Å². The van der Waals surface area contributed by atoms with Crippen LogP contribution >= 0.6 is 0 Å². The van der Waals surface area contributed by atoms with E-state index in [0.717, 1.165) is 19.3 Å². The molecule has 0 aromatic heterocycles. The van der Waals surface area contributed by atoms with Crippen LogP contribution in [-0.4, -0.2) is 29.5 Å². The largest absolute Gasteiger partial charge is 0.368 e. The highest BCUT2D eigenvalue weighted by Crippen LogP contribution is 2.25. The third-order valence-electron chi connectivity index (χ3n) is 3.04. The molecule has 5 heteroatoms. The molecule has 98 valence electrons. The normalized spacial score (nSPS) is 25.6. The summed E-state index contributed by atoms with van der Waals surface area (Å²) >= 11 is 0. The lowest BCUT2D eigenvalue weighted by Gasteiger charge is -2.29. The molecule has 0 aromatic rings. The Balaban J connectivity index is 2.45. The van der Waals surface area contributed by atoms with E-state index in [1.807, 2.05) is 20.8 Å². The van der Waals surface area contributed by atoms with E-state index in [2.05, 4.69) is 0 Å². The van der Waals surface area contributed by atoms with Gasteiger partial charge in [0.2, 0.25) is 6.54 Å². The molecule has 5 nitrogen and oxygen atoms in total. The molecule has 0 radical (unpaired) electrons. The molecule has 0 aromatic carbocycles. The van der Waals surface area contributed by atoms with Gasteiger partial charge in [-0.25, -0.2) is 0 Å². The van der Waals surface area contributed by atoms with Crippen molar-refractivity contribution < 1.29 is 14.5 Å². The van der Waals surface area contributed by atoms with Crippen molar-refractivity contribution in [3.05, 3.63) is 10.1 Å². The van der Waals surface area contributed by atoms with Gasteiger partial charge >= 0.3 is 0 Å². The zero-order valence-corrected chi connectivity index (χ0v) is 10.8. The Kier molecular flexibility index (Phi) is 4.62. The monoisotopic (exact) mass is 243 g/mol. The van der Waals surface area contributed by atoms with Crippen molar-refractivity contribution in [3.63, 3.8) is 0 Å². The minimum absolute atomic E-state index is 0.138. The Morgan fingerprint density at radius 3 is 2.47 bits per heavy atom. The number of Topliss-reactive ketones (excluding diaryl/α,β-unsaturated/α-hetero) is 1. The fourth-order valence-electron chi connectivity index (χ4n) is 1.95. The molecular weight excluding hydrogens is 222 g/mol. The number of carbonyl (C=O) groups is 1. The second kappa shape index (κ2) is 5.58. The number of nitrogens with zero attached hydrogens (tertiary/aromatic N) is 1. The summed E-state index contributed by atoms with van der Waals surface area (Å²) in [5.74, 6) is 0.157. The number of ketones is 1. The molecule has 0 saturated carbocycles. The van der Waals surface area contributed by atoms with E-state index in [-0.39, 0.29) is 34.9 Å². The zero-order chi connectivity index (χ0) is 13.1. The Labute approximate surface area is 102 Å². The van der Waals surface area contributed by atoms with Crippen molar-refractivity contribution in [1.29, 1.82) is 0 Å². The molecule has 1 aliphatic rings. The third-order valence-corrected chi connectivity index (χ3v) is 3.04. The number of hydrogen-bond acceptors (Lipinski definition) is 4. The minimum Gasteiger partial charge on any atom is -0.368 e. The second-order valence-corrected chi connectivity index (χ2v) is 5.70. The van der Waals surface area contributed by atoms with Gasteiger partial charge in [0.05, 0.1) is 6.10 Å². The van der Waals surface area contributed by atoms with E-state index < -0.39 is 0 Å². The number of carbonyl (C=O) groups excluding carboxylic acids is 1. The van der Waals surface area contributed by atoms with E-state index in [4.69, 9.17) is 4.74 Å². The smallest absolute Gasteiger partial charge is 0.229 e. The average Bonchev–Trinajstić information content (AvgIpc) is 2.15. The van der Waals surface area contributed by atoms with Crippen molar-refractivity contribution >= 4 is 5.78 Å². The number of rotatable bonds is 4. The van der Waals surface area contributed by atoms with Crippen LogP contribution in [-0.2, 0) is 9.53 Å². The van der Waals surface area contributed by atoms with E-state index in [1.54, 1.807) is 0 Å². The van der Waals surface area contributed by atoms with Gasteiger partial charge in [-0.3, -0.25) is 14.9 Å². The van der Waals surface area contributed by atoms with E-state index >= 15 is 0 Å². The fourth-order valence-corrected chi connectivity index (χ4v) is 1.95. The lowest BCUT2D eigenvalue weighted by atomic mass is 9.86. The van der Waals surface area contributed by atoms with Gasteiger partial charge in [-0.15, -0.1) is 0 Å². The Bertz CT molecular complexity index is 295. The molecule has 1 heterocycles. The van der Waals surface area contributed by atoms with Crippen LogP contribution in [0.2, 0.25) is 0 Å². The molecule has 1 aliphatic heterocycles. The molecular formula is C12H21NO4. The van der Waals surface area contributed by atoms with Gasteiger partial charge in [0.15, 0.2) is 0 Å². The molecule has 17 heavy (non-hydrogen) atoms. The standard InChI is InChI=1S/C12H21NO4/c1-12(2,3)11(14)7-9-5-4-6-10(17-9)8-13(15)16/h9-10H,4-8H2,1-3H3/t9-,10+/m0/s1. The predicted octanol–water partition coefficient (Wildman–Crippen LogP) is 2.21. The van der Waals surface area contributed by atoms with Gasteiger partial charge in [0, 0.05) is 16.8 Å². The van der Waals surface area contributed by atoms with Crippen LogP contribution < -0.4 is 0 Å². The predicted molar refractivity (Wildman–Crippen MR) is 63.5 cm³/mol. The summed E-state index contributed by atoms with van der Waals surface area (Å²) in [5, 5.41) is 10.4. The van der Waals surface area contributed by atoms with E-state index in [0.29, 0.717) is 6.42 Å². The van der Waals surface area contributed by atoms with Crippen molar-refractivity contribution in [2.75, 3.05) is 6.54 Å². The minimum atomic E-state index is -0.362. The Morgan fingerprint density at radius 1 is 1.35 bits per heavy atom. The first-order chi connectivity index (χ1) is 7.79. The SMILES string of the molecule is CC(C)(C)C(=O)C[C@@H]1CCC[C@H](C[N+](=O)[O-])O1. The Hall–Kier alpha value is -0.970. The molecule has 0 spiro atoms. The van der Waals surface area contributed by atoms with Crippen LogP contribution in [0.4, 0.5) is 0 Å². The van der Waals surface area contributed by atoms with E-state index in [1.165, 1.54) is 0 Å². The molecule has 0 bridgehead atoms. The van der Waals surface area contributed by atoms with Gasteiger partial charge < -0.3 is 4.74 Å². The first-order valence-electron chi connectivity index (χ1n) is 6.09. The highest BCUT2D eigenvalue weighted by molar-refractivity contribution is 5.84. The van der Waals surface area contributed by atoms with Gasteiger partial charge in [0.1, 0.15) is 11.9 Å². The summed E-state index contributed by atoms with van der Waals surface area (Å²) in [6, 6.07) is 0.